The maximum Gasteiger partial charge on any atom is 0.199 e. The van der Waals surface area contributed by atoms with Crippen molar-refractivity contribution >= 4 is 40.4 Å². The maximum atomic E-state index is 11.3. The predicted octanol–water partition coefficient (Wildman–Crippen LogP) is 3.29. The number of methoxy groups -OCH3 is 1. The summed E-state index contributed by atoms with van der Waals surface area (Å²) in [6, 6.07) is 7.44. The second-order valence-electron chi connectivity index (χ2n) is 5.49. The molecule has 26 heavy (non-hydrogen) atoms. The van der Waals surface area contributed by atoms with Crippen LogP contribution in [0.5, 0.6) is 5.75 Å². The van der Waals surface area contributed by atoms with Gasteiger partial charge in [0.15, 0.2) is 12.4 Å². The van der Waals surface area contributed by atoms with Crippen LogP contribution in [-0.2, 0) is 0 Å². The van der Waals surface area contributed by atoms with Crippen LogP contribution in [0, 0.1) is 5.21 Å². The monoisotopic (exact) mass is 384 g/mol. The standard InChI is InChI=1S/C18H13ClN4O2S/c1-25-12-2-3-13-14(9-12)17(18-20-5-7-26-18)22-21-16(13)8-11-4-6-23(24)10-15(11)19/h2-10,21H,1H3/b16-8+. The summed E-state index contributed by atoms with van der Waals surface area (Å²) < 4.78 is 6.02. The Balaban J connectivity index is 1.84. The van der Waals surface area contributed by atoms with Crippen molar-refractivity contribution in [3.05, 3.63) is 80.2 Å². The molecule has 0 spiro atoms. The van der Waals surface area contributed by atoms with Gasteiger partial charge in [-0.05, 0) is 24.3 Å². The van der Waals surface area contributed by atoms with Crippen LogP contribution < -0.4 is 14.9 Å². The van der Waals surface area contributed by atoms with Crippen LogP contribution in [0.1, 0.15) is 21.7 Å². The highest BCUT2D eigenvalue weighted by Crippen LogP contribution is 2.31. The van der Waals surface area contributed by atoms with Crippen molar-refractivity contribution in [1.82, 2.24) is 10.4 Å². The molecule has 3 aromatic rings. The van der Waals surface area contributed by atoms with Gasteiger partial charge in [0, 0.05) is 34.3 Å². The summed E-state index contributed by atoms with van der Waals surface area (Å²) in [5.74, 6) is 0.736. The molecule has 4 rings (SSSR count). The number of nitrogens with one attached hydrogen (secondary N) is 1. The van der Waals surface area contributed by atoms with Gasteiger partial charge in [-0.3, -0.25) is 5.43 Å². The lowest BCUT2D eigenvalue weighted by atomic mass is 9.97. The summed E-state index contributed by atoms with van der Waals surface area (Å²) in [5.41, 5.74) is 7.17. The molecule has 0 amide bonds. The smallest absolute Gasteiger partial charge is 0.199 e. The van der Waals surface area contributed by atoms with Gasteiger partial charge in [0.05, 0.1) is 12.8 Å². The highest BCUT2D eigenvalue weighted by Gasteiger charge is 2.22. The molecular formula is C18H13ClN4O2S. The molecule has 0 radical (unpaired) electrons. The highest BCUT2D eigenvalue weighted by molar-refractivity contribution is 7.11. The zero-order chi connectivity index (χ0) is 18.1. The van der Waals surface area contributed by atoms with E-state index in [4.69, 9.17) is 16.3 Å². The third-order valence-electron chi connectivity index (χ3n) is 3.91. The SMILES string of the molecule is COc1ccc2c(c1)C(c1nccs1)=NN/C2=C/c1cc[n+]([O-])cc1Cl. The molecular weight excluding hydrogens is 372 g/mol. The summed E-state index contributed by atoms with van der Waals surface area (Å²) in [4.78, 5) is 4.36. The average Bonchev–Trinajstić information content (AvgIpc) is 3.18. The summed E-state index contributed by atoms with van der Waals surface area (Å²) >= 11 is 7.69. The first-order valence-corrected chi connectivity index (χ1v) is 8.94. The quantitative estimate of drug-likeness (QED) is 0.555. The van der Waals surface area contributed by atoms with Gasteiger partial charge in [-0.1, -0.05) is 11.6 Å². The average molecular weight is 385 g/mol. The van der Waals surface area contributed by atoms with Crippen molar-refractivity contribution in [3.63, 3.8) is 0 Å². The Morgan fingerprint density at radius 3 is 2.92 bits per heavy atom. The van der Waals surface area contributed by atoms with E-state index in [0.29, 0.717) is 9.75 Å². The number of benzene rings is 1. The number of nitrogens with zero attached hydrogens (tertiary/aromatic N) is 3. The van der Waals surface area contributed by atoms with Crippen molar-refractivity contribution in [1.29, 1.82) is 0 Å². The normalized spacial score (nSPS) is 14.5. The molecule has 0 saturated carbocycles. The van der Waals surface area contributed by atoms with E-state index in [1.165, 1.54) is 23.7 Å². The fourth-order valence-electron chi connectivity index (χ4n) is 2.67. The number of hydrogen-bond acceptors (Lipinski definition) is 6. The van der Waals surface area contributed by atoms with Crippen molar-refractivity contribution < 1.29 is 9.47 Å². The van der Waals surface area contributed by atoms with Crippen LogP contribution >= 0.6 is 22.9 Å². The van der Waals surface area contributed by atoms with E-state index in [2.05, 4.69) is 15.5 Å². The fourth-order valence-corrected chi connectivity index (χ4v) is 3.52. The van der Waals surface area contributed by atoms with Gasteiger partial charge in [-0.15, -0.1) is 11.3 Å². The lowest BCUT2D eigenvalue weighted by molar-refractivity contribution is -0.605. The van der Waals surface area contributed by atoms with Gasteiger partial charge >= 0.3 is 0 Å². The first-order valence-electron chi connectivity index (χ1n) is 7.68. The molecule has 6 nitrogen and oxygen atoms in total. The molecule has 1 aliphatic rings. The second kappa shape index (κ2) is 6.78. The molecule has 0 saturated heterocycles. The lowest BCUT2D eigenvalue weighted by Crippen LogP contribution is -2.24. The fraction of sp³-hybridized carbons (Fsp3) is 0.0556. The van der Waals surface area contributed by atoms with Crippen LogP contribution in [0.4, 0.5) is 0 Å². The molecule has 0 aliphatic carbocycles. The van der Waals surface area contributed by atoms with Crippen molar-refractivity contribution in [3.8, 4) is 5.75 Å². The van der Waals surface area contributed by atoms with Gasteiger partial charge in [0.25, 0.3) is 0 Å². The number of thiazole rings is 1. The molecule has 0 atom stereocenters. The summed E-state index contributed by atoms with van der Waals surface area (Å²) in [6.45, 7) is 0. The number of rotatable bonds is 3. The Morgan fingerprint density at radius 2 is 2.19 bits per heavy atom. The number of fused-ring (bicyclic) bond motifs is 1. The Labute approximate surface area is 158 Å². The van der Waals surface area contributed by atoms with Crippen LogP contribution in [0.2, 0.25) is 5.02 Å². The molecule has 1 aliphatic heterocycles. The van der Waals surface area contributed by atoms with Gasteiger partial charge < -0.3 is 9.94 Å². The topological polar surface area (TPSA) is 73.5 Å². The Morgan fingerprint density at radius 1 is 1.31 bits per heavy atom. The van der Waals surface area contributed by atoms with Crippen LogP contribution in [0.25, 0.3) is 11.8 Å². The van der Waals surface area contributed by atoms with Crippen molar-refractivity contribution in [2.75, 3.05) is 7.11 Å². The van der Waals surface area contributed by atoms with E-state index >= 15 is 0 Å². The Bertz CT molecular complexity index is 1030. The molecule has 8 heteroatoms. The Kier molecular flexibility index (Phi) is 4.32. The highest BCUT2D eigenvalue weighted by atomic mass is 35.5. The molecule has 130 valence electrons. The molecule has 1 aromatic carbocycles. The van der Waals surface area contributed by atoms with E-state index in [1.807, 2.05) is 29.7 Å². The Hall–Kier alpha value is -2.90. The van der Waals surface area contributed by atoms with Crippen molar-refractivity contribution in [2.45, 2.75) is 0 Å². The van der Waals surface area contributed by atoms with Gasteiger partial charge in [0.2, 0.25) is 0 Å². The maximum absolute atomic E-state index is 11.3. The molecule has 3 heterocycles. The number of aromatic nitrogens is 2. The zero-order valence-electron chi connectivity index (χ0n) is 13.6. The number of hydrazone groups is 1. The molecule has 2 aromatic heterocycles. The summed E-state index contributed by atoms with van der Waals surface area (Å²) in [5, 5.41) is 18.9. The number of pyridine rings is 1. The largest absolute Gasteiger partial charge is 0.619 e. The molecule has 1 N–H and O–H groups in total. The summed E-state index contributed by atoms with van der Waals surface area (Å²) in [7, 11) is 1.63. The van der Waals surface area contributed by atoms with Crippen molar-refractivity contribution in [2.24, 2.45) is 5.10 Å². The van der Waals surface area contributed by atoms with Gasteiger partial charge in [-0.25, -0.2) is 4.98 Å². The lowest BCUT2D eigenvalue weighted by Gasteiger charge is -2.20. The number of halogens is 1. The first kappa shape index (κ1) is 16.6. The molecule has 0 bridgehead atoms. The molecule has 0 fully saturated rings. The van der Waals surface area contributed by atoms with Crippen LogP contribution in [-0.4, -0.2) is 17.8 Å². The van der Waals surface area contributed by atoms with Crippen LogP contribution in [0.3, 0.4) is 0 Å². The van der Waals surface area contributed by atoms with E-state index < -0.39 is 0 Å². The third kappa shape index (κ3) is 3.02. The number of ether oxygens (including phenoxy) is 1. The number of hydrogen-bond donors (Lipinski definition) is 1. The minimum absolute atomic E-state index is 0.363. The third-order valence-corrected chi connectivity index (χ3v) is 5.01. The van der Waals surface area contributed by atoms with E-state index in [9.17, 15) is 5.21 Å². The van der Waals surface area contributed by atoms with Gasteiger partial charge in [-0.2, -0.15) is 9.83 Å². The van der Waals surface area contributed by atoms with Gasteiger partial charge in [0.1, 0.15) is 21.5 Å². The first-order chi connectivity index (χ1) is 12.7. The van der Waals surface area contributed by atoms with E-state index in [1.54, 1.807) is 19.4 Å². The minimum atomic E-state index is 0.363. The predicted molar refractivity (Wildman–Crippen MR) is 102 cm³/mol. The second-order valence-corrected chi connectivity index (χ2v) is 6.79. The zero-order valence-corrected chi connectivity index (χ0v) is 15.2. The van der Waals surface area contributed by atoms with E-state index in [-0.39, 0.29) is 0 Å². The minimum Gasteiger partial charge on any atom is -0.619 e. The van der Waals surface area contributed by atoms with Crippen LogP contribution in [0.15, 0.2) is 53.3 Å². The van der Waals surface area contributed by atoms with E-state index in [0.717, 1.165) is 38.9 Å². The molecule has 0 unspecified atom stereocenters. The summed E-state index contributed by atoms with van der Waals surface area (Å²) in [6.07, 6.45) is 6.32.